The van der Waals surface area contributed by atoms with E-state index in [0.29, 0.717) is 19.4 Å². The molecule has 0 bridgehead atoms. The van der Waals surface area contributed by atoms with Gasteiger partial charge in [0.25, 0.3) is 0 Å². The highest BCUT2D eigenvalue weighted by Crippen LogP contribution is 2.19. The van der Waals surface area contributed by atoms with Gasteiger partial charge in [0, 0.05) is 12.8 Å². The SMILES string of the molecule is CCCCCCC/C=C\CCCCCCCC(=O)OCCCCCCCCCCCCCCCCCCCC/C=C\CCCCCCCCCCCCCCCCCCCC(=O)NC(CO)C(O)/C=C/CCCCCCCCCCCCCCCC. The normalized spacial score (nSPS) is 12.7. The standard InChI is InChI=1S/C80H153NO5/c1-3-5-7-9-11-13-15-17-19-45-48-52-56-60-64-68-72-78(83)77(76-82)81-79(84)73-69-65-61-57-53-49-46-43-41-39-37-35-33-31-29-27-25-23-21-20-22-24-26-28-30-32-34-36-38-40-42-44-47-51-55-59-63-67-71-75-86-80(85)74-70-66-62-58-54-50-18-16-14-12-10-8-6-4-2/h16,18,20-21,68,72,77-78,82-83H,3-15,17,19,22-67,69-71,73-76H2,1-2H3,(H,81,84)/b18-16-,21-20-,72-68+. The summed E-state index contributed by atoms with van der Waals surface area (Å²) in [5.41, 5.74) is 0. The number of hydrogen-bond donors (Lipinski definition) is 3. The van der Waals surface area contributed by atoms with E-state index < -0.39 is 12.1 Å². The van der Waals surface area contributed by atoms with E-state index >= 15 is 0 Å². The second-order valence-electron chi connectivity index (χ2n) is 27.0. The number of carbonyl (C=O) groups is 2. The lowest BCUT2D eigenvalue weighted by Crippen LogP contribution is -2.45. The van der Waals surface area contributed by atoms with Crippen molar-refractivity contribution in [3.05, 3.63) is 36.5 Å². The molecule has 6 nitrogen and oxygen atoms in total. The Balaban J connectivity index is 3.33. The van der Waals surface area contributed by atoms with E-state index in [1.165, 1.54) is 366 Å². The van der Waals surface area contributed by atoms with Crippen LogP contribution in [0.2, 0.25) is 0 Å². The molecule has 0 aromatic carbocycles. The Bertz CT molecular complexity index is 1390. The molecule has 2 unspecified atom stereocenters. The molecular formula is C80H153NO5. The van der Waals surface area contributed by atoms with Gasteiger partial charge in [0.05, 0.1) is 25.4 Å². The Morgan fingerprint density at radius 3 is 0.826 bits per heavy atom. The lowest BCUT2D eigenvalue weighted by atomic mass is 10.0. The average Bonchev–Trinajstić information content (AvgIpc) is 3.60. The first-order valence-corrected chi connectivity index (χ1v) is 39.3. The zero-order valence-electron chi connectivity index (χ0n) is 58.3. The number of hydrogen-bond acceptors (Lipinski definition) is 5. The molecule has 0 rings (SSSR count). The van der Waals surface area contributed by atoms with Crippen LogP contribution in [0.25, 0.3) is 0 Å². The van der Waals surface area contributed by atoms with Gasteiger partial charge in [-0.15, -0.1) is 0 Å². The molecule has 0 aliphatic rings. The van der Waals surface area contributed by atoms with Crippen molar-refractivity contribution < 1.29 is 24.5 Å². The fourth-order valence-electron chi connectivity index (χ4n) is 12.4. The van der Waals surface area contributed by atoms with E-state index in [2.05, 4.69) is 43.5 Å². The number of allylic oxidation sites excluding steroid dienone is 5. The van der Waals surface area contributed by atoms with Crippen molar-refractivity contribution in [1.82, 2.24) is 5.32 Å². The van der Waals surface area contributed by atoms with Crippen LogP contribution >= 0.6 is 0 Å². The summed E-state index contributed by atoms with van der Waals surface area (Å²) in [5.74, 6) is -0.0463. The Morgan fingerprint density at radius 1 is 0.314 bits per heavy atom. The predicted molar refractivity (Wildman–Crippen MR) is 379 cm³/mol. The lowest BCUT2D eigenvalue weighted by molar-refractivity contribution is -0.143. The van der Waals surface area contributed by atoms with Gasteiger partial charge in [-0.1, -0.05) is 378 Å². The van der Waals surface area contributed by atoms with Crippen LogP contribution in [0.3, 0.4) is 0 Å². The van der Waals surface area contributed by atoms with E-state index in [-0.39, 0.29) is 18.5 Å². The van der Waals surface area contributed by atoms with Crippen LogP contribution < -0.4 is 5.32 Å². The van der Waals surface area contributed by atoms with E-state index in [1.807, 2.05) is 6.08 Å². The van der Waals surface area contributed by atoms with Crippen molar-refractivity contribution in [1.29, 1.82) is 0 Å². The molecule has 1 amide bonds. The number of amides is 1. The number of aliphatic hydroxyl groups excluding tert-OH is 2. The number of nitrogens with one attached hydrogen (secondary N) is 1. The number of carbonyl (C=O) groups excluding carboxylic acids is 2. The second kappa shape index (κ2) is 75.5. The van der Waals surface area contributed by atoms with Gasteiger partial charge in [-0.05, 0) is 83.5 Å². The second-order valence-corrected chi connectivity index (χ2v) is 27.0. The van der Waals surface area contributed by atoms with Crippen molar-refractivity contribution in [3.63, 3.8) is 0 Å². The van der Waals surface area contributed by atoms with Crippen molar-refractivity contribution in [3.8, 4) is 0 Å². The minimum absolute atomic E-state index is 0.0142. The third-order valence-electron chi connectivity index (χ3n) is 18.4. The molecule has 3 N–H and O–H groups in total. The highest BCUT2D eigenvalue weighted by molar-refractivity contribution is 5.76. The summed E-state index contributed by atoms with van der Waals surface area (Å²) < 4.78 is 5.49. The molecule has 0 radical (unpaired) electrons. The van der Waals surface area contributed by atoms with E-state index in [4.69, 9.17) is 4.74 Å². The topological polar surface area (TPSA) is 95.9 Å². The monoisotopic (exact) mass is 1210 g/mol. The van der Waals surface area contributed by atoms with E-state index in [0.717, 1.165) is 44.9 Å². The molecule has 0 saturated carbocycles. The lowest BCUT2D eigenvalue weighted by Gasteiger charge is -2.20. The summed E-state index contributed by atoms with van der Waals surface area (Å²) in [6, 6.07) is -0.625. The van der Waals surface area contributed by atoms with Gasteiger partial charge in [-0.25, -0.2) is 0 Å². The molecule has 508 valence electrons. The Labute approximate surface area is 538 Å². The van der Waals surface area contributed by atoms with Gasteiger partial charge in [0.15, 0.2) is 0 Å². The van der Waals surface area contributed by atoms with Gasteiger partial charge in [-0.3, -0.25) is 9.59 Å². The predicted octanol–water partition coefficient (Wildman–Crippen LogP) is 25.8. The third-order valence-corrected chi connectivity index (χ3v) is 18.4. The minimum Gasteiger partial charge on any atom is -0.466 e. The van der Waals surface area contributed by atoms with Crippen LogP contribution in [0.5, 0.6) is 0 Å². The maximum Gasteiger partial charge on any atom is 0.305 e. The van der Waals surface area contributed by atoms with Gasteiger partial charge in [-0.2, -0.15) is 0 Å². The quantitative estimate of drug-likeness (QED) is 0.0320. The van der Waals surface area contributed by atoms with Crippen molar-refractivity contribution >= 4 is 11.9 Å². The van der Waals surface area contributed by atoms with Crippen LogP contribution in [0.1, 0.15) is 438 Å². The molecule has 6 heteroatoms. The van der Waals surface area contributed by atoms with Gasteiger partial charge >= 0.3 is 5.97 Å². The van der Waals surface area contributed by atoms with Crippen LogP contribution in [0.4, 0.5) is 0 Å². The fraction of sp³-hybridized carbons (Fsp3) is 0.900. The molecular weight excluding hydrogens is 1050 g/mol. The largest absolute Gasteiger partial charge is 0.466 e. The Morgan fingerprint density at radius 2 is 0.547 bits per heavy atom. The number of esters is 1. The Kier molecular flexibility index (Phi) is 73.9. The maximum atomic E-state index is 12.5. The summed E-state index contributed by atoms with van der Waals surface area (Å²) in [6.07, 6.45) is 98.5. The minimum atomic E-state index is -0.841. The molecule has 0 heterocycles. The fourth-order valence-corrected chi connectivity index (χ4v) is 12.4. The first-order valence-electron chi connectivity index (χ1n) is 39.3. The van der Waals surface area contributed by atoms with Crippen LogP contribution in [-0.2, 0) is 14.3 Å². The molecule has 0 aromatic rings. The number of unbranched alkanes of at least 4 members (excludes halogenated alkanes) is 59. The average molecular weight is 1210 g/mol. The third kappa shape index (κ3) is 71.2. The number of aliphatic hydroxyl groups is 2. The molecule has 2 atom stereocenters. The Hall–Kier alpha value is -1.92. The highest BCUT2D eigenvalue weighted by Gasteiger charge is 2.18. The molecule has 0 fully saturated rings. The molecule has 0 spiro atoms. The van der Waals surface area contributed by atoms with Crippen LogP contribution in [-0.4, -0.2) is 47.4 Å². The van der Waals surface area contributed by atoms with Gasteiger partial charge in [0.2, 0.25) is 5.91 Å². The van der Waals surface area contributed by atoms with Crippen molar-refractivity contribution in [2.45, 2.75) is 450 Å². The van der Waals surface area contributed by atoms with E-state index in [9.17, 15) is 19.8 Å². The summed E-state index contributed by atoms with van der Waals surface area (Å²) in [7, 11) is 0. The highest BCUT2D eigenvalue weighted by atomic mass is 16.5. The summed E-state index contributed by atoms with van der Waals surface area (Å²) >= 11 is 0. The van der Waals surface area contributed by atoms with Crippen molar-refractivity contribution in [2.24, 2.45) is 0 Å². The first kappa shape index (κ1) is 84.1. The molecule has 0 aliphatic carbocycles. The first-order chi connectivity index (χ1) is 42.5. The zero-order chi connectivity index (χ0) is 62.0. The van der Waals surface area contributed by atoms with Crippen LogP contribution in [0, 0.1) is 0 Å². The van der Waals surface area contributed by atoms with Crippen molar-refractivity contribution in [2.75, 3.05) is 13.2 Å². The number of rotatable bonds is 74. The van der Waals surface area contributed by atoms with Gasteiger partial charge < -0.3 is 20.3 Å². The maximum absolute atomic E-state index is 12.5. The summed E-state index contributed by atoms with van der Waals surface area (Å²) in [6.45, 7) is 4.93. The summed E-state index contributed by atoms with van der Waals surface area (Å²) in [5, 5.41) is 23.2. The van der Waals surface area contributed by atoms with Crippen LogP contribution in [0.15, 0.2) is 36.5 Å². The molecule has 0 aromatic heterocycles. The zero-order valence-corrected chi connectivity index (χ0v) is 58.3. The molecule has 0 aliphatic heterocycles. The van der Waals surface area contributed by atoms with E-state index in [1.54, 1.807) is 6.08 Å². The smallest absolute Gasteiger partial charge is 0.305 e. The summed E-state index contributed by atoms with van der Waals surface area (Å²) in [4.78, 5) is 24.6. The molecule has 0 saturated heterocycles. The molecule has 86 heavy (non-hydrogen) atoms. The van der Waals surface area contributed by atoms with Gasteiger partial charge in [0.1, 0.15) is 0 Å². The number of ether oxygens (including phenoxy) is 1.